The number of ether oxygens (including phenoxy) is 3. The third-order valence-electron chi connectivity index (χ3n) is 6.73. The number of dihydropyridines is 1. The highest BCUT2D eigenvalue weighted by atomic mass is 32.2. The molecule has 1 aliphatic carbocycles. The Hall–Kier alpha value is -3.19. The van der Waals surface area contributed by atoms with Crippen molar-refractivity contribution in [2.24, 2.45) is 0 Å². The lowest BCUT2D eigenvalue weighted by Gasteiger charge is -2.37. The van der Waals surface area contributed by atoms with Crippen molar-refractivity contribution in [2.75, 3.05) is 32.3 Å². The van der Waals surface area contributed by atoms with Crippen molar-refractivity contribution in [3.8, 4) is 11.5 Å². The van der Waals surface area contributed by atoms with Gasteiger partial charge in [-0.25, -0.2) is 4.79 Å². The van der Waals surface area contributed by atoms with Gasteiger partial charge >= 0.3 is 5.97 Å². The van der Waals surface area contributed by atoms with Gasteiger partial charge in [0, 0.05) is 34.7 Å². The summed E-state index contributed by atoms with van der Waals surface area (Å²) in [5.41, 5.74) is 4.44. The van der Waals surface area contributed by atoms with E-state index in [1.165, 1.54) is 0 Å². The van der Waals surface area contributed by atoms with Crippen LogP contribution in [-0.4, -0.2) is 44.1 Å². The summed E-state index contributed by atoms with van der Waals surface area (Å²) in [4.78, 5) is 27.2. The predicted molar refractivity (Wildman–Crippen MR) is 143 cm³/mol. The second-order valence-corrected chi connectivity index (χ2v) is 10.2. The number of carbonyl (C=O) groups is 2. The van der Waals surface area contributed by atoms with Crippen molar-refractivity contribution in [3.05, 3.63) is 82.2 Å². The van der Waals surface area contributed by atoms with Crippen LogP contribution in [0.4, 0.5) is 0 Å². The number of hydrogen-bond donors (Lipinski definition) is 1. The standard InChI is InChI=1S/C29H33NO5S/c1-5-36-15-14-35-29(32)25-18(2)30-22-16-20(19-10-7-6-8-11-19)17-23(31)27(22)26(25)21-12-9-13-24(33-3)28(21)34-4/h6-13,20,26,30H,5,14-17H2,1-4H3. The molecule has 2 atom stereocenters. The van der Waals surface area contributed by atoms with Crippen LogP contribution in [-0.2, 0) is 14.3 Å². The zero-order chi connectivity index (χ0) is 25.7. The minimum absolute atomic E-state index is 0.0202. The molecule has 2 unspecified atom stereocenters. The molecular formula is C29H33NO5S. The normalized spacial score (nSPS) is 19.5. The molecule has 0 saturated carbocycles. The molecular weight excluding hydrogens is 474 g/mol. The number of nitrogens with one attached hydrogen (secondary N) is 1. The number of thioether (sulfide) groups is 1. The molecule has 1 aliphatic heterocycles. The lowest BCUT2D eigenvalue weighted by molar-refractivity contribution is -0.138. The molecule has 1 heterocycles. The van der Waals surface area contributed by atoms with Crippen molar-refractivity contribution in [1.82, 2.24) is 5.32 Å². The van der Waals surface area contributed by atoms with Crippen molar-refractivity contribution < 1.29 is 23.8 Å². The number of hydrogen-bond acceptors (Lipinski definition) is 7. The molecule has 0 radical (unpaired) electrons. The van der Waals surface area contributed by atoms with Gasteiger partial charge < -0.3 is 19.5 Å². The van der Waals surface area contributed by atoms with Gasteiger partial charge in [0.15, 0.2) is 17.3 Å². The summed E-state index contributed by atoms with van der Waals surface area (Å²) in [6.07, 6.45) is 1.06. The number of benzene rings is 2. The van der Waals surface area contributed by atoms with E-state index in [4.69, 9.17) is 14.2 Å². The van der Waals surface area contributed by atoms with Crippen molar-refractivity contribution in [2.45, 2.75) is 38.5 Å². The molecule has 2 aromatic carbocycles. The molecule has 36 heavy (non-hydrogen) atoms. The first-order chi connectivity index (χ1) is 17.5. The van der Waals surface area contributed by atoms with Gasteiger partial charge in [0.25, 0.3) is 0 Å². The first kappa shape index (κ1) is 25.9. The van der Waals surface area contributed by atoms with Crippen molar-refractivity contribution >= 4 is 23.5 Å². The van der Waals surface area contributed by atoms with E-state index >= 15 is 0 Å². The third kappa shape index (κ3) is 5.16. The molecule has 0 amide bonds. The van der Waals surface area contributed by atoms with E-state index in [2.05, 4.69) is 24.4 Å². The number of methoxy groups -OCH3 is 2. The molecule has 0 saturated heterocycles. The minimum atomic E-state index is -0.609. The Kier molecular flexibility index (Phi) is 8.41. The van der Waals surface area contributed by atoms with Crippen LogP contribution in [0, 0.1) is 0 Å². The van der Waals surface area contributed by atoms with Crippen LogP contribution in [0.15, 0.2) is 71.1 Å². The molecule has 7 heteroatoms. The van der Waals surface area contributed by atoms with E-state index in [1.54, 1.807) is 26.0 Å². The number of para-hydroxylation sites is 1. The van der Waals surface area contributed by atoms with Gasteiger partial charge in [-0.3, -0.25) is 4.79 Å². The number of ketones is 1. The van der Waals surface area contributed by atoms with Crippen LogP contribution in [0.3, 0.4) is 0 Å². The number of allylic oxidation sites excluding steroid dienone is 3. The van der Waals surface area contributed by atoms with Crippen LogP contribution in [0.5, 0.6) is 11.5 Å². The third-order valence-corrected chi connectivity index (χ3v) is 7.59. The largest absolute Gasteiger partial charge is 0.493 e. The second-order valence-electron chi connectivity index (χ2n) is 8.84. The monoisotopic (exact) mass is 507 g/mol. The van der Waals surface area contributed by atoms with E-state index in [0.29, 0.717) is 53.4 Å². The zero-order valence-corrected chi connectivity index (χ0v) is 22.1. The van der Waals surface area contributed by atoms with E-state index in [1.807, 2.05) is 43.3 Å². The topological polar surface area (TPSA) is 73.9 Å². The maximum Gasteiger partial charge on any atom is 0.336 e. The van der Waals surface area contributed by atoms with Crippen LogP contribution >= 0.6 is 11.8 Å². The predicted octanol–water partition coefficient (Wildman–Crippen LogP) is 5.36. The van der Waals surface area contributed by atoms with Crippen molar-refractivity contribution in [3.63, 3.8) is 0 Å². The van der Waals surface area contributed by atoms with Gasteiger partial charge in [-0.05, 0) is 36.6 Å². The molecule has 0 spiro atoms. The summed E-state index contributed by atoms with van der Waals surface area (Å²) < 4.78 is 17.0. The average molecular weight is 508 g/mol. The van der Waals surface area contributed by atoms with Gasteiger partial charge in [0.2, 0.25) is 0 Å². The fourth-order valence-corrected chi connectivity index (χ4v) is 5.63. The maximum absolute atomic E-state index is 13.8. The Morgan fingerprint density at radius 2 is 1.83 bits per heavy atom. The molecule has 6 nitrogen and oxygen atoms in total. The Labute approximate surface area is 217 Å². The number of carbonyl (C=O) groups excluding carboxylic acids is 2. The fraction of sp³-hybridized carbons (Fsp3) is 0.379. The molecule has 1 N–H and O–H groups in total. The van der Waals surface area contributed by atoms with Gasteiger partial charge in [-0.2, -0.15) is 11.8 Å². The maximum atomic E-state index is 13.8. The lowest BCUT2D eigenvalue weighted by Crippen LogP contribution is -2.36. The van der Waals surface area contributed by atoms with Crippen molar-refractivity contribution in [1.29, 1.82) is 0 Å². The fourth-order valence-electron chi connectivity index (χ4n) is 5.14. The summed E-state index contributed by atoms with van der Waals surface area (Å²) in [7, 11) is 3.15. The van der Waals surface area contributed by atoms with Crippen LogP contribution < -0.4 is 14.8 Å². The quantitative estimate of drug-likeness (QED) is 0.362. The lowest BCUT2D eigenvalue weighted by atomic mass is 9.71. The summed E-state index contributed by atoms with van der Waals surface area (Å²) in [5.74, 6) is 1.80. The Morgan fingerprint density at radius 1 is 1.06 bits per heavy atom. The van der Waals surface area contributed by atoms with Crippen LogP contribution in [0.25, 0.3) is 0 Å². The Balaban J connectivity index is 1.80. The number of esters is 1. The van der Waals surface area contributed by atoms with Gasteiger partial charge in [-0.15, -0.1) is 0 Å². The number of rotatable bonds is 9. The van der Waals surface area contributed by atoms with E-state index < -0.39 is 11.9 Å². The van der Waals surface area contributed by atoms with E-state index in [-0.39, 0.29) is 11.7 Å². The summed E-state index contributed by atoms with van der Waals surface area (Å²) >= 11 is 1.71. The summed E-state index contributed by atoms with van der Waals surface area (Å²) in [6, 6.07) is 15.7. The SMILES string of the molecule is CCSCCOC(=O)C1=C(C)NC2=C(C(=O)CC(c3ccccc3)C2)C1c1cccc(OC)c1OC. The highest BCUT2D eigenvalue weighted by Crippen LogP contribution is 2.49. The smallest absolute Gasteiger partial charge is 0.336 e. The Bertz CT molecular complexity index is 1190. The number of Topliss-reactive ketones (excluding diaryl/α,β-unsaturated/α-hetero) is 1. The van der Waals surface area contributed by atoms with Crippen LogP contribution in [0.2, 0.25) is 0 Å². The average Bonchev–Trinajstić information content (AvgIpc) is 2.90. The highest BCUT2D eigenvalue weighted by molar-refractivity contribution is 7.99. The van der Waals surface area contributed by atoms with E-state index in [0.717, 1.165) is 22.8 Å². The molecule has 0 bridgehead atoms. The first-order valence-electron chi connectivity index (χ1n) is 12.2. The minimum Gasteiger partial charge on any atom is -0.493 e. The van der Waals surface area contributed by atoms with Gasteiger partial charge in [-0.1, -0.05) is 49.4 Å². The molecule has 4 rings (SSSR count). The summed E-state index contributed by atoms with van der Waals surface area (Å²) in [6.45, 7) is 4.25. The highest BCUT2D eigenvalue weighted by Gasteiger charge is 2.42. The van der Waals surface area contributed by atoms with E-state index in [9.17, 15) is 9.59 Å². The van der Waals surface area contributed by atoms with Gasteiger partial charge in [0.1, 0.15) is 6.61 Å². The molecule has 0 fully saturated rings. The first-order valence-corrected chi connectivity index (χ1v) is 13.4. The molecule has 190 valence electrons. The van der Waals surface area contributed by atoms with Crippen LogP contribution in [0.1, 0.15) is 49.7 Å². The summed E-state index contributed by atoms with van der Waals surface area (Å²) in [5, 5.41) is 3.41. The molecule has 2 aliphatic rings. The molecule has 0 aromatic heterocycles. The Morgan fingerprint density at radius 3 is 2.53 bits per heavy atom. The molecule has 2 aromatic rings. The zero-order valence-electron chi connectivity index (χ0n) is 21.3. The second kappa shape index (κ2) is 11.7. The van der Waals surface area contributed by atoms with Gasteiger partial charge in [0.05, 0.1) is 25.7 Å².